The Kier molecular flexibility index (Phi) is 7.10. The summed E-state index contributed by atoms with van der Waals surface area (Å²) in [4.78, 5) is 13.5. The molecular formula is C16H22N2O3. The van der Waals surface area contributed by atoms with Crippen LogP contribution in [0.15, 0.2) is 18.2 Å². The predicted molar refractivity (Wildman–Crippen MR) is 80.4 cm³/mol. The molecule has 0 aromatic heterocycles. The quantitative estimate of drug-likeness (QED) is 0.690. The number of nitrogens with zero attached hydrogens (tertiary/aromatic N) is 2. The van der Waals surface area contributed by atoms with Gasteiger partial charge in [0.15, 0.2) is 11.5 Å². The molecule has 1 aromatic rings. The second-order valence-corrected chi connectivity index (χ2v) is 4.48. The van der Waals surface area contributed by atoms with E-state index in [0.29, 0.717) is 37.5 Å². The van der Waals surface area contributed by atoms with Crippen molar-refractivity contribution >= 4 is 5.91 Å². The molecule has 1 amide bonds. The van der Waals surface area contributed by atoms with Crippen LogP contribution >= 0.6 is 0 Å². The van der Waals surface area contributed by atoms with Crippen LogP contribution in [0.3, 0.4) is 0 Å². The summed E-state index contributed by atoms with van der Waals surface area (Å²) in [7, 11) is 1.60. The summed E-state index contributed by atoms with van der Waals surface area (Å²) < 4.78 is 10.7. The van der Waals surface area contributed by atoms with Gasteiger partial charge in [0.2, 0.25) is 5.91 Å². The van der Waals surface area contributed by atoms with Crippen LogP contribution < -0.4 is 9.47 Å². The van der Waals surface area contributed by atoms with Crippen LogP contribution in [0.2, 0.25) is 0 Å². The zero-order valence-corrected chi connectivity index (χ0v) is 12.9. The first-order valence-electron chi connectivity index (χ1n) is 7.10. The number of methoxy groups -OCH3 is 1. The van der Waals surface area contributed by atoms with Gasteiger partial charge in [-0.05, 0) is 38.0 Å². The van der Waals surface area contributed by atoms with Crippen molar-refractivity contribution in [3.05, 3.63) is 23.8 Å². The van der Waals surface area contributed by atoms with Crippen molar-refractivity contribution in [3.63, 3.8) is 0 Å². The van der Waals surface area contributed by atoms with Gasteiger partial charge in [-0.1, -0.05) is 6.07 Å². The zero-order chi connectivity index (χ0) is 15.7. The van der Waals surface area contributed by atoms with Crippen molar-refractivity contribution in [3.8, 4) is 17.6 Å². The smallest absolute Gasteiger partial charge is 0.223 e. The summed E-state index contributed by atoms with van der Waals surface area (Å²) in [5.74, 6) is 1.37. The molecule has 0 aliphatic carbocycles. The van der Waals surface area contributed by atoms with Crippen molar-refractivity contribution in [2.75, 3.05) is 26.8 Å². The summed E-state index contributed by atoms with van der Waals surface area (Å²) in [5, 5.41) is 8.68. The molecule has 0 aliphatic rings. The van der Waals surface area contributed by atoms with E-state index in [0.717, 1.165) is 5.56 Å². The molecule has 21 heavy (non-hydrogen) atoms. The summed E-state index contributed by atoms with van der Waals surface area (Å²) in [6, 6.07) is 7.68. The molecule has 1 aromatic carbocycles. The van der Waals surface area contributed by atoms with Gasteiger partial charge in [-0.15, -0.1) is 0 Å². The zero-order valence-electron chi connectivity index (χ0n) is 12.9. The Hall–Kier alpha value is -2.22. The Labute approximate surface area is 126 Å². The molecule has 114 valence electrons. The lowest BCUT2D eigenvalue weighted by atomic mass is 10.1. The van der Waals surface area contributed by atoms with Gasteiger partial charge in [0.25, 0.3) is 0 Å². The van der Waals surface area contributed by atoms with Crippen LogP contribution in [0.1, 0.15) is 25.8 Å². The van der Waals surface area contributed by atoms with Gasteiger partial charge in [-0.25, -0.2) is 0 Å². The van der Waals surface area contributed by atoms with E-state index < -0.39 is 0 Å². The van der Waals surface area contributed by atoms with Crippen molar-refractivity contribution < 1.29 is 14.3 Å². The Morgan fingerprint density at radius 2 is 2.10 bits per heavy atom. The molecule has 5 heteroatoms. The highest BCUT2D eigenvalue weighted by Gasteiger charge is 2.12. The highest BCUT2D eigenvalue weighted by Crippen LogP contribution is 2.28. The SMILES string of the molecule is CCOc1ccc(CCC(=O)N(CC)CC#N)cc1OC. The molecule has 0 spiro atoms. The summed E-state index contributed by atoms with van der Waals surface area (Å²) >= 11 is 0. The second-order valence-electron chi connectivity index (χ2n) is 4.48. The minimum absolute atomic E-state index is 0.00750. The molecule has 0 bridgehead atoms. The average molecular weight is 290 g/mol. The molecule has 5 nitrogen and oxygen atoms in total. The van der Waals surface area contributed by atoms with Crippen LogP contribution in [-0.2, 0) is 11.2 Å². The van der Waals surface area contributed by atoms with Crippen molar-refractivity contribution in [1.82, 2.24) is 4.90 Å². The van der Waals surface area contributed by atoms with Gasteiger partial charge < -0.3 is 14.4 Å². The van der Waals surface area contributed by atoms with Gasteiger partial charge in [-0.3, -0.25) is 4.79 Å². The summed E-state index contributed by atoms with van der Waals surface area (Å²) in [5.41, 5.74) is 1.01. The first-order valence-corrected chi connectivity index (χ1v) is 7.10. The minimum atomic E-state index is -0.00750. The number of hydrogen-bond donors (Lipinski definition) is 0. The summed E-state index contributed by atoms with van der Waals surface area (Å²) in [6.45, 7) is 5.06. The molecular weight excluding hydrogens is 268 g/mol. The highest BCUT2D eigenvalue weighted by molar-refractivity contribution is 5.76. The largest absolute Gasteiger partial charge is 0.493 e. The van der Waals surface area contributed by atoms with E-state index in [9.17, 15) is 4.79 Å². The number of aryl methyl sites for hydroxylation is 1. The van der Waals surface area contributed by atoms with Gasteiger partial charge in [0.05, 0.1) is 19.8 Å². The van der Waals surface area contributed by atoms with Crippen LogP contribution in [-0.4, -0.2) is 37.6 Å². The van der Waals surface area contributed by atoms with Gasteiger partial charge >= 0.3 is 0 Å². The molecule has 0 atom stereocenters. The molecule has 0 radical (unpaired) electrons. The van der Waals surface area contributed by atoms with Gasteiger partial charge in [-0.2, -0.15) is 5.26 Å². The number of benzene rings is 1. The first kappa shape index (κ1) is 16.8. The van der Waals surface area contributed by atoms with E-state index in [1.807, 2.05) is 38.1 Å². The summed E-state index contributed by atoms with van der Waals surface area (Å²) in [6.07, 6.45) is 0.996. The lowest BCUT2D eigenvalue weighted by Gasteiger charge is -2.17. The number of rotatable bonds is 8. The van der Waals surface area contributed by atoms with E-state index in [4.69, 9.17) is 14.7 Å². The van der Waals surface area contributed by atoms with Crippen LogP contribution in [0.5, 0.6) is 11.5 Å². The van der Waals surface area contributed by atoms with Crippen molar-refractivity contribution in [2.45, 2.75) is 26.7 Å². The van der Waals surface area contributed by atoms with Crippen LogP contribution in [0, 0.1) is 11.3 Å². The van der Waals surface area contributed by atoms with E-state index in [-0.39, 0.29) is 12.5 Å². The van der Waals surface area contributed by atoms with E-state index in [1.165, 1.54) is 0 Å². The third-order valence-corrected chi connectivity index (χ3v) is 3.15. The molecule has 0 N–H and O–H groups in total. The average Bonchev–Trinajstić information content (AvgIpc) is 2.51. The second kappa shape index (κ2) is 8.85. The Bertz CT molecular complexity index is 509. The Morgan fingerprint density at radius 3 is 2.67 bits per heavy atom. The highest BCUT2D eigenvalue weighted by atomic mass is 16.5. The topological polar surface area (TPSA) is 62.6 Å². The standard InChI is InChI=1S/C16H22N2O3/c1-4-18(11-10-17)16(19)9-7-13-6-8-14(21-5-2)15(12-13)20-3/h6,8,12H,4-5,7,9,11H2,1-3H3. The fraction of sp³-hybridized carbons (Fsp3) is 0.500. The lowest BCUT2D eigenvalue weighted by Crippen LogP contribution is -2.31. The van der Waals surface area contributed by atoms with E-state index in [2.05, 4.69) is 0 Å². The number of amides is 1. The first-order chi connectivity index (χ1) is 10.2. The Balaban J connectivity index is 2.67. The number of nitriles is 1. The minimum Gasteiger partial charge on any atom is -0.493 e. The van der Waals surface area contributed by atoms with E-state index in [1.54, 1.807) is 12.0 Å². The number of carbonyl (C=O) groups is 1. The fourth-order valence-electron chi connectivity index (χ4n) is 2.01. The molecule has 1 rings (SSSR count). The maximum Gasteiger partial charge on any atom is 0.223 e. The lowest BCUT2D eigenvalue weighted by molar-refractivity contribution is -0.130. The normalized spacial score (nSPS) is 9.81. The molecule has 0 heterocycles. The monoisotopic (exact) mass is 290 g/mol. The van der Waals surface area contributed by atoms with Gasteiger partial charge in [0, 0.05) is 13.0 Å². The van der Waals surface area contributed by atoms with E-state index >= 15 is 0 Å². The maximum atomic E-state index is 12.0. The number of ether oxygens (including phenoxy) is 2. The fourth-order valence-corrected chi connectivity index (χ4v) is 2.01. The molecule has 0 saturated carbocycles. The third kappa shape index (κ3) is 4.99. The third-order valence-electron chi connectivity index (χ3n) is 3.15. The molecule has 0 fully saturated rings. The van der Waals surface area contributed by atoms with Crippen molar-refractivity contribution in [2.24, 2.45) is 0 Å². The van der Waals surface area contributed by atoms with Gasteiger partial charge in [0.1, 0.15) is 6.54 Å². The number of hydrogen-bond acceptors (Lipinski definition) is 4. The molecule has 0 saturated heterocycles. The predicted octanol–water partition coefficient (Wildman–Crippen LogP) is 2.40. The molecule has 0 aliphatic heterocycles. The van der Waals surface area contributed by atoms with Crippen LogP contribution in [0.4, 0.5) is 0 Å². The number of carbonyl (C=O) groups excluding carboxylic acids is 1. The Morgan fingerprint density at radius 1 is 1.33 bits per heavy atom. The molecule has 0 unspecified atom stereocenters. The maximum absolute atomic E-state index is 12.0. The van der Waals surface area contributed by atoms with Crippen LogP contribution in [0.25, 0.3) is 0 Å². The van der Waals surface area contributed by atoms with Crippen molar-refractivity contribution in [1.29, 1.82) is 5.26 Å².